The second-order valence-corrected chi connectivity index (χ2v) is 6.75. The molecule has 3 rings (SSSR count). The highest BCUT2D eigenvalue weighted by Crippen LogP contribution is 2.20. The Morgan fingerprint density at radius 1 is 1.15 bits per heavy atom. The standard InChI is InChI=1S/C20H17BrN2O3/c1-13-10-16(21)7-8-17(13)23-18(24)12-26-19(25)11-15-5-2-4-14-6-3-9-22-20(14)15/h2-10H,11-12H2,1H3,(H,23,24). The lowest BCUT2D eigenvalue weighted by Crippen LogP contribution is -2.22. The Morgan fingerprint density at radius 3 is 2.77 bits per heavy atom. The van der Waals surface area contributed by atoms with Crippen molar-refractivity contribution in [1.29, 1.82) is 0 Å². The van der Waals surface area contributed by atoms with E-state index in [1.807, 2.05) is 49.4 Å². The van der Waals surface area contributed by atoms with Crippen LogP contribution < -0.4 is 5.32 Å². The molecule has 1 heterocycles. The van der Waals surface area contributed by atoms with Gasteiger partial charge in [0.15, 0.2) is 6.61 Å². The topological polar surface area (TPSA) is 68.3 Å². The quantitative estimate of drug-likeness (QED) is 0.642. The molecule has 0 aliphatic carbocycles. The summed E-state index contributed by atoms with van der Waals surface area (Å²) in [6.07, 6.45) is 1.75. The van der Waals surface area contributed by atoms with E-state index in [9.17, 15) is 9.59 Å². The monoisotopic (exact) mass is 412 g/mol. The third-order valence-electron chi connectivity index (χ3n) is 3.88. The molecular weight excluding hydrogens is 396 g/mol. The largest absolute Gasteiger partial charge is 0.455 e. The number of nitrogens with zero attached hydrogens (tertiary/aromatic N) is 1. The summed E-state index contributed by atoms with van der Waals surface area (Å²) in [4.78, 5) is 28.4. The first-order chi connectivity index (χ1) is 12.5. The smallest absolute Gasteiger partial charge is 0.310 e. The molecule has 5 nitrogen and oxygen atoms in total. The summed E-state index contributed by atoms with van der Waals surface area (Å²) < 4.78 is 6.04. The Bertz CT molecular complexity index is 967. The van der Waals surface area contributed by atoms with Crippen LogP contribution in [0.1, 0.15) is 11.1 Å². The highest BCUT2D eigenvalue weighted by Gasteiger charge is 2.12. The number of nitrogens with one attached hydrogen (secondary N) is 1. The number of hydrogen-bond acceptors (Lipinski definition) is 4. The van der Waals surface area contributed by atoms with Crippen molar-refractivity contribution < 1.29 is 14.3 Å². The molecule has 1 aromatic heterocycles. The molecule has 0 radical (unpaired) electrons. The van der Waals surface area contributed by atoms with E-state index in [1.54, 1.807) is 12.3 Å². The summed E-state index contributed by atoms with van der Waals surface area (Å²) in [6, 6.07) is 14.9. The SMILES string of the molecule is Cc1cc(Br)ccc1NC(=O)COC(=O)Cc1cccc2cccnc12. The predicted octanol–water partition coefficient (Wildman–Crippen LogP) is 4.03. The molecule has 1 N–H and O–H groups in total. The van der Waals surface area contributed by atoms with Crippen LogP contribution in [0.15, 0.2) is 59.2 Å². The minimum atomic E-state index is -0.467. The first-order valence-corrected chi connectivity index (χ1v) is 8.86. The van der Waals surface area contributed by atoms with Crippen molar-refractivity contribution in [1.82, 2.24) is 4.98 Å². The van der Waals surface area contributed by atoms with Gasteiger partial charge in [0.2, 0.25) is 0 Å². The maximum atomic E-state index is 12.1. The van der Waals surface area contributed by atoms with Gasteiger partial charge in [-0.25, -0.2) is 0 Å². The Balaban J connectivity index is 1.57. The number of rotatable bonds is 5. The van der Waals surface area contributed by atoms with Crippen molar-refractivity contribution in [2.45, 2.75) is 13.3 Å². The highest BCUT2D eigenvalue weighted by molar-refractivity contribution is 9.10. The van der Waals surface area contributed by atoms with Gasteiger partial charge < -0.3 is 10.1 Å². The predicted molar refractivity (Wildman–Crippen MR) is 104 cm³/mol. The van der Waals surface area contributed by atoms with Gasteiger partial charge in [0.1, 0.15) is 0 Å². The summed E-state index contributed by atoms with van der Waals surface area (Å²) in [7, 11) is 0. The number of halogens is 1. The number of ether oxygens (including phenoxy) is 1. The number of carbonyl (C=O) groups excluding carboxylic acids is 2. The minimum Gasteiger partial charge on any atom is -0.455 e. The summed E-state index contributed by atoms with van der Waals surface area (Å²) in [5, 5.41) is 3.70. The fraction of sp³-hybridized carbons (Fsp3) is 0.150. The van der Waals surface area contributed by atoms with Crippen molar-refractivity contribution in [2.24, 2.45) is 0 Å². The molecule has 0 fully saturated rings. The molecule has 0 unspecified atom stereocenters. The second-order valence-electron chi connectivity index (χ2n) is 5.84. The zero-order valence-electron chi connectivity index (χ0n) is 14.2. The molecule has 26 heavy (non-hydrogen) atoms. The van der Waals surface area contributed by atoms with E-state index < -0.39 is 5.97 Å². The lowest BCUT2D eigenvalue weighted by Gasteiger charge is -2.10. The molecule has 0 bridgehead atoms. The van der Waals surface area contributed by atoms with E-state index in [1.165, 1.54) is 0 Å². The number of amides is 1. The third-order valence-corrected chi connectivity index (χ3v) is 4.37. The number of carbonyl (C=O) groups is 2. The fourth-order valence-electron chi connectivity index (χ4n) is 2.62. The molecule has 2 aromatic carbocycles. The van der Waals surface area contributed by atoms with Crippen molar-refractivity contribution in [3.8, 4) is 0 Å². The van der Waals surface area contributed by atoms with Crippen LogP contribution in [-0.4, -0.2) is 23.5 Å². The number of pyridine rings is 1. The summed E-state index contributed by atoms with van der Waals surface area (Å²) in [6.45, 7) is 1.56. The number of aryl methyl sites for hydroxylation is 1. The van der Waals surface area contributed by atoms with Crippen LogP contribution in [-0.2, 0) is 20.7 Å². The molecule has 6 heteroatoms. The molecular formula is C20H17BrN2O3. The van der Waals surface area contributed by atoms with Crippen molar-refractivity contribution in [2.75, 3.05) is 11.9 Å². The summed E-state index contributed by atoms with van der Waals surface area (Å²) >= 11 is 3.37. The maximum Gasteiger partial charge on any atom is 0.310 e. The first-order valence-electron chi connectivity index (χ1n) is 8.07. The summed E-state index contributed by atoms with van der Waals surface area (Å²) in [5.74, 6) is -0.842. The van der Waals surface area contributed by atoms with Crippen LogP contribution in [0.3, 0.4) is 0 Å². The van der Waals surface area contributed by atoms with Gasteiger partial charge in [-0.3, -0.25) is 14.6 Å². The number of fused-ring (bicyclic) bond motifs is 1. The number of aromatic nitrogens is 1. The molecule has 0 atom stereocenters. The number of anilines is 1. The number of hydrogen-bond donors (Lipinski definition) is 1. The van der Waals surface area contributed by atoms with Crippen LogP contribution in [0.5, 0.6) is 0 Å². The van der Waals surface area contributed by atoms with E-state index in [0.717, 1.165) is 26.5 Å². The fourth-order valence-corrected chi connectivity index (χ4v) is 3.09. The van der Waals surface area contributed by atoms with Crippen LogP contribution in [0.25, 0.3) is 10.9 Å². The van der Waals surface area contributed by atoms with Crippen LogP contribution in [0.2, 0.25) is 0 Å². The Hall–Kier alpha value is -2.73. The highest BCUT2D eigenvalue weighted by atomic mass is 79.9. The van der Waals surface area contributed by atoms with Gasteiger partial charge in [0.05, 0.1) is 11.9 Å². The van der Waals surface area contributed by atoms with Crippen molar-refractivity contribution >= 4 is 44.4 Å². The Labute approximate surface area is 159 Å². The first kappa shape index (κ1) is 18.1. The van der Waals surface area contributed by atoms with Crippen LogP contribution in [0, 0.1) is 6.92 Å². The lowest BCUT2D eigenvalue weighted by atomic mass is 10.1. The molecule has 0 aliphatic heterocycles. The molecule has 3 aromatic rings. The molecule has 0 saturated carbocycles. The van der Waals surface area contributed by atoms with Crippen molar-refractivity contribution in [3.05, 3.63) is 70.3 Å². The average Bonchev–Trinajstić information content (AvgIpc) is 2.63. The lowest BCUT2D eigenvalue weighted by molar-refractivity contribution is -0.146. The Kier molecular flexibility index (Phi) is 5.63. The molecule has 0 aliphatic rings. The minimum absolute atomic E-state index is 0.0684. The van der Waals surface area contributed by atoms with Gasteiger partial charge in [-0.05, 0) is 42.3 Å². The van der Waals surface area contributed by atoms with E-state index in [4.69, 9.17) is 4.74 Å². The number of esters is 1. The number of para-hydroxylation sites is 1. The van der Waals surface area contributed by atoms with Gasteiger partial charge >= 0.3 is 5.97 Å². The normalized spacial score (nSPS) is 10.5. The molecule has 1 amide bonds. The van der Waals surface area contributed by atoms with Crippen molar-refractivity contribution in [3.63, 3.8) is 0 Å². The van der Waals surface area contributed by atoms with Gasteiger partial charge in [-0.15, -0.1) is 0 Å². The van der Waals surface area contributed by atoms with Crippen LogP contribution in [0.4, 0.5) is 5.69 Å². The molecule has 132 valence electrons. The second kappa shape index (κ2) is 8.10. The number of benzene rings is 2. The van der Waals surface area contributed by atoms with E-state index in [-0.39, 0.29) is 18.9 Å². The zero-order valence-corrected chi connectivity index (χ0v) is 15.7. The van der Waals surface area contributed by atoms with Gasteiger partial charge in [-0.1, -0.05) is 40.2 Å². The zero-order chi connectivity index (χ0) is 18.5. The molecule has 0 spiro atoms. The van der Waals surface area contributed by atoms with E-state index in [0.29, 0.717) is 5.69 Å². The average molecular weight is 413 g/mol. The van der Waals surface area contributed by atoms with Crippen LogP contribution >= 0.6 is 15.9 Å². The maximum absolute atomic E-state index is 12.1. The summed E-state index contributed by atoms with van der Waals surface area (Å²) in [5.41, 5.74) is 3.15. The van der Waals surface area contributed by atoms with Gasteiger partial charge in [0.25, 0.3) is 5.91 Å². The Morgan fingerprint density at radius 2 is 1.96 bits per heavy atom. The third kappa shape index (κ3) is 4.46. The molecule has 0 saturated heterocycles. The van der Waals surface area contributed by atoms with Gasteiger partial charge in [0, 0.05) is 21.7 Å². The van der Waals surface area contributed by atoms with Gasteiger partial charge in [-0.2, -0.15) is 0 Å². The van der Waals surface area contributed by atoms with E-state index in [2.05, 4.69) is 26.2 Å². The van der Waals surface area contributed by atoms with E-state index >= 15 is 0 Å².